The monoisotopic (exact) mass is 194 g/mol. The van der Waals surface area contributed by atoms with Crippen molar-refractivity contribution in [2.45, 2.75) is 32.1 Å². The Hall–Kier alpha value is -0.630. The number of hydrogen-bond acceptors (Lipinski definition) is 2. The van der Waals surface area contributed by atoms with E-state index in [0.29, 0.717) is 0 Å². The van der Waals surface area contributed by atoms with Gasteiger partial charge in [0.05, 0.1) is 0 Å². The molecule has 0 amide bonds. The zero-order valence-corrected chi connectivity index (χ0v) is 8.48. The Labute approximate surface area is 82.8 Å². The highest BCUT2D eigenvalue weighted by molar-refractivity contribution is 7.10. The van der Waals surface area contributed by atoms with Gasteiger partial charge in [0.2, 0.25) is 0 Å². The van der Waals surface area contributed by atoms with E-state index in [2.05, 4.69) is 0 Å². The average Bonchev–Trinajstić information content (AvgIpc) is 2.76. The summed E-state index contributed by atoms with van der Waals surface area (Å²) < 4.78 is 0. The Morgan fingerprint density at radius 2 is 2.23 bits per heavy atom. The average molecular weight is 194 g/mol. The number of thiophene rings is 1. The molecule has 0 atom stereocenters. The summed E-state index contributed by atoms with van der Waals surface area (Å²) in [6.45, 7) is 0. The third-order valence-corrected chi connectivity index (χ3v) is 3.75. The Morgan fingerprint density at radius 1 is 1.46 bits per heavy atom. The minimum absolute atomic E-state index is 0.845. The first-order valence-corrected chi connectivity index (χ1v) is 5.79. The van der Waals surface area contributed by atoms with Crippen molar-refractivity contribution < 1.29 is 4.79 Å². The fraction of sp³-hybridized carbons (Fsp3) is 0.545. The molecule has 0 radical (unpaired) electrons. The van der Waals surface area contributed by atoms with Gasteiger partial charge in [-0.25, -0.2) is 0 Å². The van der Waals surface area contributed by atoms with Crippen LogP contribution in [0.25, 0.3) is 0 Å². The predicted molar refractivity (Wildman–Crippen MR) is 55.4 cm³/mol. The Kier molecular flexibility index (Phi) is 2.79. The van der Waals surface area contributed by atoms with Crippen LogP contribution in [0.4, 0.5) is 0 Å². The number of carbonyl (C=O) groups is 1. The van der Waals surface area contributed by atoms with Crippen LogP contribution in [0.5, 0.6) is 0 Å². The predicted octanol–water partition coefficient (Wildman–Crippen LogP) is 3.29. The topological polar surface area (TPSA) is 17.1 Å². The van der Waals surface area contributed by atoms with Crippen LogP contribution in [0, 0.1) is 5.92 Å². The van der Waals surface area contributed by atoms with Gasteiger partial charge in [0.15, 0.2) is 6.29 Å². The summed E-state index contributed by atoms with van der Waals surface area (Å²) in [5.41, 5.74) is 0.845. The fourth-order valence-electron chi connectivity index (χ4n) is 2.07. The van der Waals surface area contributed by atoms with Crippen molar-refractivity contribution in [1.29, 1.82) is 0 Å². The molecule has 0 saturated heterocycles. The van der Waals surface area contributed by atoms with E-state index in [1.165, 1.54) is 37.0 Å². The highest BCUT2D eigenvalue weighted by Gasteiger charge is 2.15. The maximum atomic E-state index is 10.5. The maximum absolute atomic E-state index is 10.5. The SMILES string of the molecule is O=Cc1csc(CC2CCCC2)c1. The first-order chi connectivity index (χ1) is 6.38. The Morgan fingerprint density at radius 3 is 2.85 bits per heavy atom. The number of carbonyl (C=O) groups excluding carboxylic acids is 1. The van der Waals surface area contributed by atoms with Gasteiger partial charge < -0.3 is 0 Å². The molecule has 1 aromatic heterocycles. The van der Waals surface area contributed by atoms with Crippen LogP contribution in [-0.2, 0) is 6.42 Å². The lowest BCUT2D eigenvalue weighted by molar-refractivity contribution is 0.112. The van der Waals surface area contributed by atoms with Gasteiger partial charge in [-0.2, -0.15) is 0 Å². The molecule has 2 heteroatoms. The summed E-state index contributed by atoms with van der Waals surface area (Å²) in [6.07, 6.45) is 7.70. The molecule has 70 valence electrons. The van der Waals surface area contributed by atoms with Crippen molar-refractivity contribution in [3.05, 3.63) is 21.9 Å². The lowest BCUT2D eigenvalue weighted by atomic mass is 10.0. The number of aldehydes is 1. The van der Waals surface area contributed by atoms with E-state index < -0.39 is 0 Å². The molecule has 13 heavy (non-hydrogen) atoms. The van der Waals surface area contributed by atoms with Crippen molar-refractivity contribution >= 4 is 17.6 Å². The second kappa shape index (κ2) is 4.05. The normalized spacial score (nSPS) is 17.8. The van der Waals surface area contributed by atoms with Gasteiger partial charge in [0.1, 0.15) is 0 Å². The summed E-state index contributed by atoms with van der Waals surface area (Å²) in [4.78, 5) is 11.8. The molecule has 1 fully saturated rings. The summed E-state index contributed by atoms with van der Waals surface area (Å²) in [5.74, 6) is 0.887. The van der Waals surface area contributed by atoms with Gasteiger partial charge in [-0.1, -0.05) is 25.7 Å². The van der Waals surface area contributed by atoms with Gasteiger partial charge >= 0.3 is 0 Å². The lowest BCUT2D eigenvalue weighted by Crippen LogP contribution is -1.96. The molecule has 0 aliphatic heterocycles. The molecule has 0 spiro atoms. The van der Waals surface area contributed by atoms with Crippen LogP contribution >= 0.6 is 11.3 Å². The van der Waals surface area contributed by atoms with Crippen LogP contribution < -0.4 is 0 Å². The van der Waals surface area contributed by atoms with Crippen molar-refractivity contribution in [3.63, 3.8) is 0 Å². The van der Waals surface area contributed by atoms with E-state index in [9.17, 15) is 4.79 Å². The quantitative estimate of drug-likeness (QED) is 0.675. The molecule has 0 aromatic carbocycles. The van der Waals surface area contributed by atoms with E-state index in [0.717, 1.165) is 17.8 Å². The molecule has 2 rings (SSSR count). The molecule has 1 nitrogen and oxygen atoms in total. The van der Waals surface area contributed by atoms with Gasteiger partial charge in [-0.05, 0) is 18.4 Å². The summed E-state index contributed by atoms with van der Waals surface area (Å²) in [5, 5.41) is 1.96. The second-order valence-corrected chi connectivity index (χ2v) is 4.81. The van der Waals surface area contributed by atoms with Crippen molar-refractivity contribution in [1.82, 2.24) is 0 Å². The van der Waals surface area contributed by atoms with Gasteiger partial charge in [-0.15, -0.1) is 11.3 Å². The molecular formula is C11H14OS. The molecule has 1 heterocycles. The zero-order chi connectivity index (χ0) is 9.10. The molecule has 1 aliphatic carbocycles. The molecule has 1 aliphatic rings. The third-order valence-electron chi connectivity index (χ3n) is 2.77. The van der Waals surface area contributed by atoms with Crippen molar-refractivity contribution in [2.24, 2.45) is 5.92 Å². The summed E-state index contributed by atoms with van der Waals surface area (Å²) >= 11 is 1.73. The lowest BCUT2D eigenvalue weighted by Gasteiger charge is -2.05. The van der Waals surface area contributed by atoms with Crippen LogP contribution in [0.15, 0.2) is 11.4 Å². The Balaban J connectivity index is 1.96. The minimum Gasteiger partial charge on any atom is -0.298 e. The molecule has 0 N–H and O–H groups in total. The van der Waals surface area contributed by atoms with E-state index in [1.807, 2.05) is 11.4 Å². The second-order valence-electron chi connectivity index (χ2n) is 3.82. The van der Waals surface area contributed by atoms with Crippen molar-refractivity contribution in [3.8, 4) is 0 Å². The molecule has 1 saturated carbocycles. The molecular weight excluding hydrogens is 180 g/mol. The minimum atomic E-state index is 0.845. The third kappa shape index (κ3) is 2.19. The molecule has 1 aromatic rings. The highest BCUT2D eigenvalue weighted by Crippen LogP contribution is 2.29. The Bertz CT molecular complexity index is 284. The van der Waals surface area contributed by atoms with Crippen LogP contribution in [0.3, 0.4) is 0 Å². The van der Waals surface area contributed by atoms with E-state index >= 15 is 0 Å². The van der Waals surface area contributed by atoms with Crippen LogP contribution in [0.2, 0.25) is 0 Å². The van der Waals surface area contributed by atoms with Gasteiger partial charge in [0, 0.05) is 15.8 Å². The van der Waals surface area contributed by atoms with Crippen LogP contribution in [-0.4, -0.2) is 6.29 Å². The smallest absolute Gasteiger partial charge is 0.150 e. The highest BCUT2D eigenvalue weighted by atomic mass is 32.1. The van der Waals surface area contributed by atoms with Gasteiger partial charge in [-0.3, -0.25) is 4.79 Å². The molecule has 0 bridgehead atoms. The largest absolute Gasteiger partial charge is 0.298 e. The van der Waals surface area contributed by atoms with E-state index in [4.69, 9.17) is 0 Å². The van der Waals surface area contributed by atoms with Gasteiger partial charge in [0.25, 0.3) is 0 Å². The van der Waals surface area contributed by atoms with Crippen LogP contribution in [0.1, 0.15) is 40.9 Å². The zero-order valence-electron chi connectivity index (χ0n) is 7.66. The van der Waals surface area contributed by atoms with E-state index in [-0.39, 0.29) is 0 Å². The fourth-order valence-corrected chi connectivity index (χ4v) is 3.01. The molecule has 0 unspecified atom stereocenters. The first kappa shape index (κ1) is 8.95. The first-order valence-electron chi connectivity index (χ1n) is 4.91. The summed E-state index contributed by atoms with van der Waals surface area (Å²) in [6, 6.07) is 2.04. The number of rotatable bonds is 3. The number of hydrogen-bond donors (Lipinski definition) is 0. The van der Waals surface area contributed by atoms with Crippen molar-refractivity contribution in [2.75, 3.05) is 0 Å². The maximum Gasteiger partial charge on any atom is 0.150 e. The van der Waals surface area contributed by atoms with E-state index in [1.54, 1.807) is 11.3 Å². The summed E-state index contributed by atoms with van der Waals surface area (Å²) in [7, 11) is 0. The standard InChI is InChI=1S/C11H14OS/c12-7-10-6-11(13-8-10)5-9-3-1-2-4-9/h6-9H,1-5H2.